The van der Waals surface area contributed by atoms with Gasteiger partial charge in [-0.2, -0.15) is 0 Å². The van der Waals surface area contributed by atoms with E-state index in [1.54, 1.807) is 12.4 Å². The van der Waals surface area contributed by atoms with Crippen molar-refractivity contribution in [3.63, 3.8) is 0 Å². The number of nitrogens with zero attached hydrogens (tertiary/aromatic N) is 4. The Morgan fingerprint density at radius 3 is 2.72 bits per heavy atom. The fraction of sp³-hybridized carbons (Fsp3) is 0.263. The molecule has 0 spiro atoms. The number of fused-ring (bicyclic) bond motifs is 1. The quantitative estimate of drug-likeness (QED) is 0.795. The van der Waals surface area contributed by atoms with E-state index in [0.717, 1.165) is 41.7 Å². The summed E-state index contributed by atoms with van der Waals surface area (Å²) in [7, 11) is 0. The Morgan fingerprint density at radius 2 is 1.92 bits per heavy atom. The number of amides is 1. The molecule has 1 aromatic carbocycles. The van der Waals surface area contributed by atoms with E-state index in [1.165, 1.54) is 0 Å². The van der Waals surface area contributed by atoms with Crippen molar-refractivity contribution in [1.29, 1.82) is 0 Å². The highest BCUT2D eigenvalue weighted by Gasteiger charge is 2.26. The molecule has 1 fully saturated rings. The molecule has 0 saturated carbocycles. The van der Waals surface area contributed by atoms with Crippen LogP contribution in [-0.2, 0) is 4.79 Å². The number of piperidine rings is 1. The van der Waals surface area contributed by atoms with E-state index < -0.39 is 0 Å². The highest BCUT2D eigenvalue weighted by Crippen LogP contribution is 2.30. The molecule has 0 radical (unpaired) electrons. The SMILES string of the molecule is NC(=O)C1CCCN(c2nc(-c3ccncc3)nc3ccccc23)C1. The van der Waals surface area contributed by atoms with Crippen molar-refractivity contribution in [2.75, 3.05) is 18.0 Å². The largest absolute Gasteiger partial charge is 0.369 e. The summed E-state index contributed by atoms with van der Waals surface area (Å²) < 4.78 is 0. The third-order valence-corrected chi connectivity index (χ3v) is 4.64. The van der Waals surface area contributed by atoms with Crippen molar-refractivity contribution >= 4 is 22.6 Å². The lowest BCUT2D eigenvalue weighted by molar-refractivity contribution is -0.122. The van der Waals surface area contributed by atoms with Crippen LogP contribution >= 0.6 is 0 Å². The van der Waals surface area contributed by atoms with Gasteiger partial charge in [0.25, 0.3) is 0 Å². The van der Waals surface area contributed by atoms with Gasteiger partial charge in [0.15, 0.2) is 5.82 Å². The monoisotopic (exact) mass is 333 g/mol. The predicted molar refractivity (Wildman–Crippen MR) is 96.9 cm³/mol. The molecule has 0 bridgehead atoms. The van der Waals surface area contributed by atoms with E-state index in [1.807, 2.05) is 36.4 Å². The van der Waals surface area contributed by atoms with Gasteiger partial charge >= 0.3 is 0 Å². The highest BCUT2D eigenvalue weighted by molar-refractivity contribution is 5.91. The van der Waals surface area contributed by atoms with Gasteiger partial charge in [0.1, 0.15) is 5.82 Å². The maximum Gasteiger partial charge on any atom is 0.222 e. The standard InChI is InChI=1S/C19H19N5O/c20-17(25)14-4-3-11-24(12-14)19-15-5-1-2-6-16(15)22-18(23-19)13-7-9-21-10-8-13/h1-2,5-10,14H,3-4,11-12H2,(H2,20,25). The van der Waals surface area contributed by atoms with Crippen molar-refractivity contribution < 1.29 is 4.79 Å². The summed E-state index contributed by atoms with van der Waals surface area (Å²) in [6.45, 7) is 1.46. The van der Waals surface area contributed by atoms with Crippen LogP contribution < -0.4 is 10.6 Å². The number of carbonyl (C=O) groups is 1. The first-order valence-corrected chi connectivity index (χ1v) is 8.44. The van der Waals surface area contributed by atoms with Crippen molar-refractivity contribution in [2.24, 2.45) is 11.7 Å². The Balaban J connectivity index is 1.83. The number of anilines is 1. The summed E-state index contributed by atoms with van der Waals surface area (Å²) in [4.78, 5) is 27.4. The number of aromatic nitrogens is 3. The van der Waals surface area contributed by atoms with Crippen LogP contribution in [0.2, 0.25) is 0 Å². The maximum atomic E-state index is 11.6. The van der Waals surface area contributed by atoms with Crippen LogP contribution in [-0.4, -0.2) is 33.9 Å². The lowest BCUT2D eigenvalue weighted by Gasteiger charge is -2.32. The first-order chi connectivity index (χ1) is 12.2. The molecule has 1 aliphatic heterocycles. The third kappa shape index (κ3) is 3.03. The molecule has 2 aromatic heterocycles. The van der Waals surface area contributed by atoms with Crippen LogP contribution in [0.5, 0.6) is 0 Å². The van der Waals surface area contributed by atoms with Gasteiger partial charge in [0, 0.05) is 36.4 Å². The lowest BCUT2D eigenvalue weighted by atomic mass is 9.97. The second-order valence-corrected chi connectivity index (χ2v) is 6.31. The molecule has 3 heterocycles. The number of nitrogens with two attached hydrogens (primary N) is 1. The average Bonchev–Trinajstić information content (AvgIpc) is 2.68. The summed E-state index contributed by atoms with van der Waals surface area (Å²) in [5, 5.41) is 0.991. The van der Waals surface area contributed by atoms with Crippen molar-refractivity contribution in [1.82, 2.24) is 15.0 Å². The fourth-order valence-corrected chi connectivity index (χ4v) is 3.33. The minimum atomic E-state index is -0.239. The molecule has 1 amide bonds. The highest BCUT2D eigenvalue weighted by atomic mass is 16.1. The molecule has 6 heteroatoms. The smallest absolute Gasteiger partial charge is 0.222 e. The molecule has 0 aliphatic carbocycles. The summed E-state index contributed by atoms with van der Waals surface area (Å²) in [6.07, 6.45) is 5.23. The molecular formula is C19H19N5O. The molecule has 2 N–H and O–H groups in total. The van der Waals surface area contributed by atoms with E-state index in [-0.39, 0.29) is 11.8 Å². The zero-order valence-electron chi connectivity index (χ0n) is 13.8. The molecule has 1 saturated heterocycles. The van der Waals surface area contributed by atoms with E-state index in [2.05, 4.69) is 9.88 Å². The Kier molecular flexibility index (Phi) is 4.01. The summed E-state index contributed by atoms with van der Waals surface area (Å²) in [5.74, 6) is 1.16. The molecule has 25 heavy (non-hydrogen) atoms. The van der Waals surface area contributed by atoms with E-state index in [4.69, 9.17) is 15.7 Å². The predicted octanol–water partition coefficient (Wildman–Crippen LogP) is 2.39. The molecule has 4 rings (SSSR count). The molecule has 1 aliphatic rings. The first kappa shape index (κ1) is 15.5. The van der Waals surface area contributed by atoms with Crippen LogP contribution in [0.4, 0.5) is 5.82 Å². The van der Waals surface area contributed by atoms with Crippen LogP contribution in [0.25, 0.3) is 22.3 Å². The van der Waals surface area contributed by atoms with Gasteiger partial charge in [0.05, 0.1) is 11.4 Å². The van der Waals surface area contributed by atoms with Gasteiger partial charge in [-0.25, -0.2) is 9.97 Å². The number of pyridine rings is 1. The first-order valence-electron chi connectivity index (χ1n) is 8.44. The van der Waals surface area contributed by atoms with E-state index >= 15 is 0 Å². The Hall–Kier alpha value is -3.02. The molecular weight excluding hydrogens is 314 g/mol. The Labute approximate surface area is 145 Å². The van der Waals surface area contributed by atoms with Crippen molar-refractivity contribution in [3.8, 4) is 11.4 Å². The van der Waals surface area contributed by atoms with Crippen LogP contribution in [0.3, 0.4) is 0 Å². The van der Waals surface area contributed by atoms with Gasteiger partial charge in [-0.15, -0.1) is 0 Å². The van der Waals surface area contributed by atoms with Crippen molar-refractivity contribution in [2.45, 2.75) is 12.8 Å². The summed E-state index contributed by atoms with van der Waals surface area (Å²) in [6, 6.07) is 11.8. The normalized spacial score (nSPS) is 17.6. The van der Waals surface area contributed by atoms with E-state index in [9.17, 15) is 4.79 Å². The Morgan fingerprint density at radius 1 is 1.12 bits per heavy atom. The second kappa shape index (κ2) is 6.47. The minimum Gasteiger partial charge on any atom is -0.369 e. The zero-order chi connectivity index (χ0) is 17.2. The number of carbonyl (C=O) groups excluding carboxylic acids is 1. The molecule has 1 atom stereocenters. The summed E-state index contributed by atoms with van der Waals surface area (Å²) >= 11 is 0. The average molecular weight is 333 g/mol. The summed E-state index contributed by atoms with van der Waals surface area (Å²) in [5.41, 5.74) is 7.35. The lowest BCUT2D eigenvalue weighted by Crippen LogP contribution is -2.41. The van der Waals surface area contributed by atoms with Crippen LogP contribution in [0, 0.1) is 5.92 Å². The fourth-order valence-electron chi connectivity index (χ4n) is 3.33. The van der Waals surface area contributed by atoms with Gasteiger partial charge in [-0.05, 0) is 37.1 Å². The molecule has 6 nitrogen and oxygen atoms in total. The Bertz CT molecular complexity index is 912. The number of hydrogen-bond donors (Lipinski definition) is 1. The van der Waals surface area contributed by atoms with Gasteiger partial charge in [-0.1, -0.05) is 12.1 Å². The van der Waals surface area contributed by atoms with Gasteiger partial charge in [-0.3, -0.25) is 9.78 Å². The number of rotatable bonds is 3. The van der Waals surface area contributed by atoms with Gasteiger partial charge in [0.2, 0.25) is 5.91 Å². The van der Waals surface area contributed by atoms with Crippen LogP contribution in [0.15, 0.2) is 48.8 Å². The third-order valence-electron chi connectivity index (χ3n) is 4.64. The number of hydrogen-bond acceptors (Lipinski definition) is 5. The minimum absolute atomic E-state index is 0.133. The molecule has 3 aromatic rings. The number of benzene rings is 1. The topological polar surface area (TPSA) is 85.0 Å². The number of para-hydroxylation sites is 1. The molecule has 126 valence electrons. The zero-order valence-corrected chi connectivity index (χ0v) is 13.8. The number of primary amides is 1. The van der Waals surface area contributed by atoms with Gasteiger partial charge < -0.3 is 10.6 Å². The van der Waals surface area contributed by atoms with Crippen LogP contribution in [0.1, 0.15) is 12.8 Å². The second-order valence-electron chi connectivity index (χ2n) is 6.31. The molecule has 1 unspecified atom stereocenters. The van der Waals surface area contributed by atoms with E-state index in [0.29, 0.717) is 12.4 Å². The van der Waals surface area contributed by atoms with Crippen molar-refractivity contribution in [3.05, 3.63) is 48.8 Å². The maximum absolute atomic E-state index is 11.6.